The lowest BCUT2D eigenvalue weighted by atomic mass is 10.0. The highest BCUT2D eigenvalue weighted by Gasteiger charge is 2.19. The van der Waals surface area contributed by atoms with Crippen LogP contribution in [-0.2, 0) is 4.74 Å². The van der Waals surface area contributed by atoms with Crippen LogP contribution in [0.2, 0.25) is 0 Å². The molecule has 1 fully saturated rings. The van der Waals surface area contributed by atoms with E-state index in [0.29, 0.717) is 6.10 Å². The molecule has 0 aromatic carbocycles. The molecule has 0 N–H and O–H groups in total. The molecule has 0 radical (unpaired) electrons. The number of hydrogen-bond acceptors (Lipinski definition) is 2. The fourth-order valence-electron chi connectivity index (χ4n) is 1.90. The topological polar surface area (TPSA) is 12.5 Å². The van der Waals surface area contributed by atoms with Gasteiger partial charge in [-0.05, 0) is 18.8 Å². The monoisotopic (exact) mass is 185 g/mol. The molecule has 0 aliphatic carbocycles. The van der Waals surface area contributed by atoms with E-state index in [1.54, 1.807) is 0 Å². The highest BCUT2D eigenvalue weighted by molar-refractivity contribution is 4.73. The fourth-order valence-corrected chi connectivity index (χ4v) is 1.90. The summed E-state index contributed by atoms with van der Waals surface area (Å²) in [7, 11) is 1.83. The Morgan fingerprint density at radius 2 is 2.00 bits per heavy atom. The fraction of sp³-hybridized carbons (Fsp3) is 1.00. The molecule has 78 valence electrons. The number of ether oxygens (including phenoxy) is 1. The summed E-state index contributed by atoms with van der Waals surface area (Å²) in [6.07, 6.45) is 4.25. The van der Waals surface area contributed by atoms with Crippen molar-refractivity contribution in [1.29, 1.82) is 0 Å². The molecular weight excluding hydrogens is 162 g/mol. The predicted molar refractivity (Wildman–Crippen MR) is 55.9 cm³/mol. The third-order valence-electron chi connectivity index (χ3n) is 3.13. The van der Waals surface area contributed by atoms with Gasteiger partial charge in [-0.1, -0.05) is 20.3 Å². The van der Waals surface area contributed by atoms with E-state index in [-0.39, 0.29) is 0 Å². The van der Waals surface area contributed by atoms with E-state index in [1.165, 1.54) is 38.9 Å². The Morgan fingerprint density at radius 1 is 1.38 bits per heavy atom. The van der Waals surface area contributed by atoms with Crippen molar-refractivity contribution in [2.45, 2.75) is 39.2 Å². The smallest absolute Gasteiger partial charge is 0.0595 e. The molecule has 0 saturated carbocycles. The van der Waals surface area contributed by atoms with E-state index in [1.807, 2.05) is 7.11 Å². The Morgan fingerprint density at radius 3 is 2.46 bits per heavy atom. The van der Waals surface area contributed by atoms with Crippen LogP contribution < -0.4 is 0 Å². The maximum atomic E-state index is 5.34. The van der Waals surface area contributed by atoms with Gasteiger partial charge in [-0.3, -0.25) is 0 Å². The zero-order chi connectivity index (χ0) is 9.68. The number of hydrogen-bond donors (Lipinski definition) is 0. The van der Waals surface area contributed by atoms with Crippen LogP contribution in [0.5, 0.6) is 0 Å². The summed E-state index contributed by atoms with van der Waals surface area (Å²) in [6, 6.07) is 0. The minimum absolute atomic E-state index is 0.521. The first-order chi connectivity index (χ1) is 6.26. The van der Waals surface area contributed by atoms with E-state index in [9.17, 15) is 0 Å². The predicted octanol–water partition coefficient (Wildman–Crippen LogP) is 2.14. The van der Waals surface area contributed by atoms with Crippen molar-refractivity contribution >= 4 is 0 Å². The third-order valence-corrected chi connectivity index (χ3v) is 3.13. The largest absolute Gasteiger partial charge is 0.381 e. The Labute approximate surface area is 82.3 Å². The SMILES string of the molecule is CCC(C)CN1CCC(OC)CC1. The second-order valence-electron chi connectivity index (χ2n) is 4.25. The van der Waals surface area contributed by atoms with Crippen molar-refractivity contribution in [3.8, 4) is 0 Å². The maximum Gasteiger partial charge on any atom is 0.0595 e. The van der Waals surface area contributed by atoms with Crippen molar-refractivity contribution in [2.24, 2.45) is 5.92 Å². The van der Waals surface area contributed by atoms with Crippen LogP contribution in [0.1, 0.15) is 33.1 Å². The minimum atomic E-state index is 0.521. The highest BCUT2D eigenvalue weighted by atomic mass is 16.5. The summed E-state index contributed by atoms with van der Waals surface area (Å²) < 4.78 is 5.34. The van der Waals surface area contributed by atoms with Crippen LogP contribution in [-0.4, -0.2) is 37.7 Å². The second kappa shape index (κ2) is 5.61. The van der Waals surface area contributed by atoms with Crippen LogP contribution in [0.25, 0.3) is 0 Å². The normalized spacial score (nSPS) is 23.3. The van der Waals surface area contributed by atoms with Crippen molar-refractivity contribution < 1.29 is 4.74 Å². The first-order valence-corrected chi connectivity index (χ1v) is 5.51. The van der Waals surface area contributed by atoms with Gasteiger partial charge in [0.15, 0.2) is 0 Å². The van der Waals surface area contributed by atoms with Crippen molar-refractivity contribution in [3.63, 3.8) is 0 Å². The molecule has 1 rings (SSSR count). The van der Waals surface area contributed by atoms with Gasteiger partial charge in [0.25, 0.3) is 0 Å². The minimum Gasteiger partial charge on any atom is -0.381 e. The molecule has 13 heavy (non-hydrogen) atoms. The zero-order valence-electron chi connectivity index (χ0n) is 9.25. The van der Waals surface area contributed by atoms with E-state index < -0.39 is 0 Å². The molecule has 2 heteroatoms. The Hall–Kier alpha value is -0.0800. The lowest BCUT2D eigenvalue weighted by Crippen LogP contribution is -2.38. The van der Waals surface area contributed by atoms with Gasteiger partial charge in [-0.2, -0.15) is 0 Å². The zero-order valence-corrected chi connectivity index (χ0v) is 9.25. The summed E-state index contributed by atoms with van der Waals surface area (Å²) in [5.74, 6) is 0.846. The second-order valence-corrected chi connectivity index (χ2v) is 4.25. The molecule has 0 aromatic heterocycles. The van der Waals surface area contributed by atoms with Crippen LogP contribution in [0.4, 0.5) is 0 Å². The standard InChI is InChI=1S/C11H23NO/c1-4-10(2)9-12-7-5-11(13-3)6-8-12/h10-11H,4-9H2,1-3H3. The maximum absolute atomic E-state index is 5.34. The third kappa shape index (κ3) is 3.65. The van der Waals surface area contributed by atoms with E-state index >= 15 is 0 Å². The summed E-state index contributed by atoms with van der Waals surface area (Å²) in [4.78, 5) is 2.57. The van der Waals surface area contributed by atoms with Gasteiger partial charge in [0.05, 0.1) is 6.10 Å². The molecule has 1 unspecified atom stereocenters. The van der Waals surface area contributed by atoms with Gasteiger partial charge < -0.3 is 9.64 Å². The van der Waals surface area contributed by atoms with Gasteiger partial charge in [0.2, 0.25) is 0 Å². The van der Waals surface area contributed by atoms with Gasteiger partial charge in [-0.25, -0.2) is 0 Å². The van der Waals surface area contributed by atoms with Gasteiger partial charge in [0.1, 0.15) is 0 Å². The quantitative estimate of drug-likeness (QED) is 0.665. The molecular formula is C11H23NO. The molecule has 0 spiro atoms. The van der Waals surface area contributed by atoms with Crippen LogP contribution >= 0.6 is 0 Å². The number of likely N-dealkylation sites (tertiary alicyclic amines) is 1. The average Bonchev–Trinajstić information content (AvgIpc) is 2.19. The Balaban J connectivity index is 2.17. The number of nitrogens with zero attached hydrogens (tertiary/aromatic N) is 1. The number of piperidine rings is 1. The van der Waals surface area contributed by atoms with Crippen LogP contribution in [0, 0.1) is 5.92 Å². The highest BCUT2D eigenvalue weighted by Crippen LogP contribution is 2.14. The van der Waals surface area contributed by atoms with Gasteiger partial charge in [-0.15, -0.1) is 0 Å². The molecule has 1 saturated heterocycles. The summed E-state index contributed by atoms with van der Waals surface area (Å²) in [5.41, 5.74) is 0. The molecule has 1 heterocycles. The lowest BCUT2D eigenvalue weighted by molar-refractivity contribution is 0.0371. The number of methoxy groups -OCH3 is 1. The summed E-state index contributed by atoms with van der Waals surface area (Å²) in [5, 5.41) is 0. The van der Waals surface area contributed by atoms with E-state index in [0.717, 1.165) is 5.92 Å². The first-order valence-electron chi connectivity index (χ1n) is 5.51. The van der Waals surface area contributed by atoms with Crippen molar-refractivity contribution in [3.05, 3.63) is 0 Å². The first kappa shape index (κ1) is 11.0. The van der Waals surface area contributed by atoms with Gasteiger partial charge in [0, 0.05) is 26.7 Å². The molecule has 0 aromatic rings. The Kier molecular flexibility index (Phi) is 4.74. The van der Waals surface area contributed by atoms with E-state index in [4.69, 9.17) is 4.74 Å². The average molecular weight is 185 g/mol. The van der Waals surface area contributed by atoms with E-state index in [2.05, 4.69) is 18.7 Å². The van der Waals surface area contributed by atoms with Crippen LogP contribution in [0.15, 0.2) is 0 Å². The Bertz CT molecular complexity index is 130. The molecule has 1 aliphatic rings. The lowest BCUT2D eigenvalue weighted by Gasteiger charge is -2.32. The summed E-state index contributed by atoms with van der Waals surface area (Å²) >= 11 is 0. The number of rotatable bonds is 4. The van der Waals surface area contributed by atoms with Crippen molar-refractivity contribution in [2.75, 3.05) is 26.7 Å². The molecule has 1 atom stereocenters. The van der Waals surface area contributed by atoms with Gasteiger partial charge >= 0.3 is 0 Å². The molecule has 0 bridgehead atoms. The summed E-state index contributed by atoms with van der Waals surface area (Å²) in [6.45, 7) is 8.33. The molecule has 0 amide bonds. The van der Waals surface area contributed by atoms with Crippen LogP contribution in [0.3, 0.4) is 0 Å². The molecule has 1 aliphatic heterocycles. The molecule has 2 nitrogen and oxygen atoms in total. The van der Waals surface area contributed by atoms with Crippen molar-refractivity contribution in [1.82, 2.24) is 4.90 Å².